The summed E-state index contributed by atoms with van der Waals surface area (Å²) in [6.45, 7) is 4.15. The molecule has 1 aromatic heterocycles. The number of amides is 1. The van der Waals surface area contributed by atoms with E-state index in [4.69, 9.17) is 0 Å². The molecule has 2 aromatic carbocycles. The molecule has 0 aliphatic rings. The van der Waals surface area contributed by atoms with Crippen molar-refractivity contribution < 1.29 is 4.79 Å². The van der Waals surface area contributed by atoms with E-state index >= 15 is 0 Å². The van der Waals surface area contributed by atoms with Gasteiger partial charge >= 0.3 is 0 Å². The molecule has 0 fully saturated rings. The maximum absolute atomic E-state index is 12.4. The molecule has 0 spiro atoms. The van der Waals surface area contributed by atoms with Crippen molar-refractivity contribution in [2.45, 2.75) is 20.4 Å². The molecular formula is C19H16BrN3O. The number of fused-ring (bicyclic) bond motifs is 1. The first-order valence-electron chi connectivity index (χ1n) is 7.53. The molecule has 0 saturated heterocycles. The lowest BCUT2D eigenvalue weighted by Crippen LogP contribution is -2.18. The van der Waals surface area contributed by atoms with Crippen LogP contribution in [0, 0.1) is 25.2 Å². The van der Waals surface area contributed by atoms with Crippen molar-refractivity contribution in [2.75, 3.05) is 5.32 Å². The van der Waals surface area contributed by atoms with Crippen LogP contribution < -0.4 is 5.32 Å². The zero-order valence-electron chi connectivity index (χ0n) is 13.4. The second-order valence-corrected chi connectivity index (χ2v) is 6.73. The van der Waals surface area contributed by atoms with Gasteiger partial charge in [-0.25, -0.2) is 0 Å². The summed E-state index contributed by atoms with van der Waals surface area (Å²) in [5.74, 6) is -0.119. The highest BCUT2D eigenvalue weighted by Crippen LogP contribution is 2.25. The van der Waals surface area contributed by atoms with Crippen molar-refractivity contribution in [3.63, 3.8) is 0 Å². The lowest BCUT2D eigenvalue weighted by molar-refractivity contribution is -0.116. The van der Waals surface area contributed by atoms with Crippen LogP contribution >= 0.6 is 15.9 Å². The molecule has 5 heteroatoms. The van der Waals surface area contributed by atoms with Crippen LogP contribution in [0.4, 0.5) is 5.69 Å². The molecule has 1 heterocycles. The van der Waals surface area contributed by atoms with Gasteiger partial charge in [-0.15, -0.1) is 0 Å². The van der Waals surface area contributed by atoms with Crippen LogP contribution in [0.2, 0.25) is 0 Å². The second kappa shape index (κ2) is 6.50. The highest BCUT2D eigenvalue weighted by Gasteiger charge is 2.12. The van der Waals surface area contributed by atoms with Crippen molar-refractivity contribution in [1.82, 2.24) is 4.57 Å². The molecule has 0 atom stereocenters. The van der Waals surface area contributed by atoms with Crippen LogP contribution in [0.5, 0.6) is 0 Å². The average Bonchev–Trinajstić information content (AvgIpc) is 2.87. The van der Waals surface area contributed by atoms with Gasteiger partial charge in [0.25, 0.3) is 0 Å². The minimum absolute atomic E-state index is 0.119. The smallest absolute Gasteiger partial charge is 0.244 e. The number of hydrogen-bond acceptors (Lipinski definition) is 2. The number of carbonyl (C=O) groups is 1. The van der Waals surface area contributed by atoms with Crippen LogP contribution in [0.1, 0.15) is 16.7 Å². The van der Waals surface area contributed by atoms with Crippen LogP contribution in [0.25, 0.3) is 10.9 Å². The Bertz CT molecular complexity index is 982. The molecule has 0 radical (unpaired) electrons. The first kappa shape index (κ1) is 16.3. The van der Waals surface area contributed by atoms with E-state index in [-0.39, 0.29) is 12.5 Å². The molecule has 0 aliphatic carbocycles. The van der Waals surface area contributed by atoms with Gasteiger partial charge in [0.15, 0.2) is 0 Å². The van der Waals surface area contributed by atoms with Crippen molar-refractivity contribution in [1.29, 1.82) is 5.26 Å². The molecule has 3 rings (SSSR count). The molecule has 4 nitrogen and oxygen atoms in total. The normalized spacial score (nSPS) is 10.6. The van der Waals surface area contributed by atoms with Gasteiger partial charge in [-0.2, -0.15) is 5.26 Å². The van der Waals surface area contributed by atoms with Gasteiger partial charge in [0, 0.05) is 27.3 Å². The van der Waals surface area contributed by atoms with E-state index in [1.807, 2.05) is 50.2 Å². The van der Waals surface area contributed by atoms with E-state index < -0.39 is 0 Å². The van der Waals surface area contributed by atoms with E-state index in [1.54, 1.807) is 10.8 Å². The van der Waals surface area contributed by atoms with Crippen LogP contribution in [0.15, 0.2) is 47.1 Å². The van der Waals surface area contributed by atoms with E-state index in [0.29, 0.717) is 5.56 Å². The van der Waals surface area contributed by atoms with Crippen LogP contribution in [-0.4, -0.2) is 10.5 Å². The lowest BCUT2D eigenvalue weighted by Gasteiger charge is -2.10. The number of benzene rings is 2. The molecule has 24 heavy (non-hydrogen) atoms. The number of aryl methyl sites for hydroxylation is 2. The van der Waals surface area contributed by atoms with Gasteiger partial charge in [-0.1, -0.05) is 33.6 Å². The minimum atomic E-state index is -0.119. The van der Waals surface area contributed by atoms with Gasteiger partial charge in [0.1, 0.15) is 12.6 Å². The average molecular weight is 382 g/mol. The number of anilines is 1. The fourth-order valence-corrected chi connectivity index (χ4v) is 3.15. The number of halogens is 1. The molecule has 1 amide bonds. The van der Waals surface area contributed by atoms with Gasteiger partial charge in [0.05, 0.1) is 5.56 Å². The first-order chi connectivity index (χ1) is 11.5. The van der Waals surface area contributed by atoms with E-state index in [9.17, 15) is 10.1 Å². The summed E-state index contributed by atoms with van der Waals surface area (Å²) in [7, 11) is 0. The fourth-order valence-electron chi connectivity index (χ4n) is 2.79. The predicted octanol–water partition coefficient (Wildman–Crippen LogP) is 4.53. The Hall–Kier alpha value is -2.58. The Labute approximate surface area is 148 Å². The van der Waals surface area contributed by atoms with E-state index in [1.165, 1.54) is 0 Å². The molecule has 0 unspecified atom stereocenters. The quantitative estimate of drug-likeness (QED) is 0.724. The molecular weight excluding hydrogens is 366 g/mol. The first-order valence-corrected chi connectivity index (χ1v) is 8.33. The maximum atomic E-state index is 12.4. The third-order valence-corrected chi connectivity index (χ3v) is 4.43. The SMILES string of the molecule is Cc1ccc(NC(=O)Cn2cc(C#N)c3cc(Br)ccc32)c(C)c1. The topological polar surface area (TPSA) is 57.8 Å². The Morgan fingerprint density at radius 2 is 2.04 bits per heavy atom. The van der Waals surface area contributed by atoms with Crippen molar-refractivity contribution in [2.24, 2.45) is 0 Å². The number of rotatable bonds is 3. The number of nitriles is 1. The summed E-state index contributed by atoms with van der Waals surface area (Å²) in [6, 6.07) is 13.8. The minimum Gasteiger partial charge on any atom is -0.337 e. The monoisotopic (exact) mass is 381 g/mol. The lowest BCUT2D eigenvalue weighted by atomic mass is 10.1. The van der Waals surface area contributed by atoms with E-state index in [2.05, 4.69) is 27.3 Å². The predicted molar refractivity (Wildman–Crippen MR) is 98.9 cm³/mol. The fraction of sp³-hybridized carbons (Fsp3) is 0.158. The standard InChI is InChI=1S/C19H16BrN3O/c1-12-3-5-17(13(2)7-12)22-19(24)11-23-10-14(9-21)16-8-15(20)4-6-18(16)23/h3-8,10H,11H2,1-2H3,(H,22,24). The van der Waals surface area contributed by atoms with Crippen molar-refractivity contribution >= 4 is 38.4 Å². The Morgan fingerprint density at radius 1 is 1.25 bits per heavy atom. The van der Waals surface area contributed by atoms with Gasteiger partial charge in [0.2, 0.25) is 5.91 Å². The third-order valence-electron chi connectivity index (χ3n) is 3.93. The number of hydrogen-bond donors (Lipinski definition) is 1. The third kappa shape index (κ3) is 3.19. The summed E-state index contributed by atoms with van der Waals surface area (Å²) in [6.07, 6.45) is 1.72. The number of nitrogens with one attached hydrogen (secondary N) is 1. The van der Waals surface area contributed by atoms with Crippen LogP contribution in [-0.2, 0) is 11.3 Å². The number of nitrogens with zero attached hydrogens (tertiary/aromatic N) is 2. The zero-order valence-corrected chi connectivity index (χ0v) is 15.0. The Balaban J connectivity index is 1.87. The second-order valence-electron chi connectivity index (χ2n) is 5.81. The maximum Gasteiger partial charge on any atom is 0.244 e. The largest absolute Gasteiger partial charge is 0.337 e. The summed E-state index contributed by atoms with van der Waals surface area (Å²) in [5.41, 5.74) is 4.43. The van der Waals surface area contributed by atoms with Crippen LogP contribution in [0.3, 0.4) is 0 Å². The molecule has 120 valence electrons. The highest BCUT2D eigenvalue weighted by molar-refractivity contribution is 9.10. The highest BCUT2D eigenvalue weighted by atomic mass is 79.9. The number of carbonyl (C=O) groups excluding carboxylic acids is 1. The molecule has 0 aliphatic heterocycles. The van der Waals surface area contributed by atoms with Gasteiger partial charge in [-0.3, -0.25) is 4.79 Å². The summed E-state index contributed by atoms with van der Waals surface area (Å²) in [5, 5.41) is 13.1. The van der Waals surface area contributed by atoms with Gasteiger partial charge in [-0.05, 0) is 43.7 Å². The van der Waals surface area contributed by atoms with E-state index in [0.717, 1.165) is 32.2 Å². The molecule has 0 saturated carbocycles. The Morgan fingerprint density at radius 3 is 2.75 bits per heavy atom. The molecule has 3 aromatic rings. The number of aromatic nitrogens is 1. The van der Waals surface area contributed by atoms with Crippen molar-refractivity contribution in [3.8, 4) is 6.07 Å². The van der Waals surface area contributed by atoms with Gasteiger partial charge < -0.3 is 9.88 Å². The summed E-state index contributed by atoms with van der Waals surface area (Å²) < 4.78 is 2.71. The molecule has 1 N–H and O–H groups in total. The zero-order chi connectivity index (χ0) is 17.3. The summed E-state index contributed by atoms with van der Waals surface area (Å²) in [4.78, 5) is 12.4. The summed E-state index contributed by atoms with van der Waals surface area (Å²) >= 11 is 3.42. The Kier molecular flexibility index (Phi) is 4.41. The van der Waals surface area contributed by atoms with Crippen molar-refractivity contribution in [3.05, 3.63) is 63.8 Å². The molecule has 0 bridgehead atoms.